The second-order valence-corrected chi connectivity index (χ2v) is 6.00. The highest BCUT2D eigenvalue weighted by molar-refractivity contribution is 9.10. The Morgan fingerprint density at radius 3 is 3.07 bits per heavy atom. The SMILES string of the molecule is CC1Nc2ccc(Br)cc2SC1CCN. The number of halogens is 1. The van der Waals surface area contributed by atoms with Crippen molar-refractivity contribution in [3.8, 4) is 0 Å². The van der Waals surface area contributed by atoms with E-state index in [0.717, 1.165) is 17.4 Å². The number of nitrogens with two attached hydrogens (primary N) is 1. The zero-order valence-electron chi connectivity index (χ0n) is 8.66. The minimum Gasteiger partial charge on any atom is -0.381 e. The Balaban J connectivity index is 2.22. The largest absolute Gasteiger partial charge is 0.381 e. The van der Waals surface area contributed by atoms with Crippen LogP contribution in [0.15, 0.2) is 27.6 Å². The van der Waals surface area contributed by atoms with Crippen LogP contribution in [0.2, 0.25) is 0 Å². The maximum Gasteiger partial charge on any atom is 0.0481 e. The van der Waals surface area contributed by atoms with Gasteiger partial charge in [0.2, 0.25) is 0 Å². The summed E-state index contributed by atoms with van der Waals surface area (Å²) in [6, 6.07) is 6.86. The van der Waals surface area contributed by atoms with Gasteiger partial charge in [-0.05, 0) is 38.1 Å². The first-order chi connectivity index (χ1) is 7.20. The van der Waals surface area contributed by atoms with Crippen molar-refractivity contribution < 1.29 is 0 Å². The maximum atomic E-state index is 5.62. The summed E-state index contributed by atoms with van der Waals surface area (Å²) < 4.78 is 1.14. The van der Waals surface area contributed by atoms with E-state index in [-0.39, 0.29) is 0 Å². The first-order valence-corrected chi connectivity index (χ1v) is 6.81. The van der Waals surface area contributed by atoms with E-state index in [1.165, 1.54) is 10.6 Å². The summed E-state index contributed by atoms with van der Waals surface area (Å²) in [4.78, 5) is 1.32. The van der Waals surface area contributed by atoms with Crippen molar-refractivity contribution >= 4 is 33.4 Å². The molecule has 1 aliphatic heterocycles. The summed E-state index contributed by atoms with van der Waals surface area (Å²) in [5.41, 5.74) is 6.86. The van der Waals surface area contributed by atoms with Crippen LogP contribution in [0.25, 0.3) is 0 Å². The fourth-order valence-corrected chi connectivity index (χ4v) is 3.60. The molecule has 0 fully saturated rings. The molecular weight excluding hydrogens is 272 g/mol. The third kappa shape index (κ3) is 2.49. The predicted octanol–water partition coefficient (Wildman–Crippen LogP) is 3.07. The quantitative estimate of drug-likeness (QED) is 0.878. The molecule has 4 heteroatoms. The topological polar surface area (TPSA) is 38.0 Å². The molecule has 1 aromatic rings. The number of hydrogen-bond donors (Lipinski definition) is 2. The van der Waals surface area contributed by atoms with Crippen molar-refractivity contribution in [1.29, 1.82) is 0 Å². The first kappa shape index (κ1) is 11.3. The van der Waals surface area contributed by atoms with Gasteiger partial charge >= 0.3 is 0 Å². The van der Waals surface area contributed by atoms with Crippen LogP contribution in [0.4, 0.5) is 5.69 Å². The molecule has 2 nitrogen and oxygen atoms in total. The van der Waals surface area contributed by atoms with E-state index in [9.17, 15) is 0 Å². The molecule has 2 atom stereocenters. The molecule has 0 aromatic heterocycles. The molecule has 2 rings (SSSR count). The average molecular weight is 287 g/mol. The van der Waals surface area contributed by atoms with Crippen LogP contribution in [0.5, 0.6) is 0 Å². The van der Waals surface area contributed by atoms with Crippen LogP contribution in [-0.4, -0.2) is 17.8 Å². The molecule has 15 heavy (non-hydrogen) atoms. The smallest absolute Gasteiger partial charge is 0.0481 e. The molecule has 0 saturated heterocycles. The van der Waals surface area contributed by atoms with Crippen LogP contribution in [0.3, 0.4) is 0 Å². The van der Waals surface area contributed by atoms with Crippen LogP contribution >= 0.6 is 27.7 Å². The normalized spacial score (nSPS) is 24.5. The van der Waals surface area contributed by atoms with E-state index in [1.54, 1.807) is 0 Å². The standard InChI is InChI=1S/C11H15BrN2S/c1-7-10(4-5-13)15-11-6-8(12)2-3-9(11)14-7/h2-3,6-7,10,14H,4-5,13H2,1H3. The van der Waals surface area contributed by atoms with E-state index >= 15 is 0 Å². The average Bonchev–Trinajstić information content (AvgIpc) is 2.20. The molecule has 82 valence electrons. The van der Waals surface area contributed by atoms with Crippen LogP contribution in [-0.2, 0) is 0 Å². The second kappa shape index (κ2) is 4.76. The number of fused-ring (bicyclic) bond motifs is 1. The van der Waals surface area contributed by atoms with E-state index in [0.29, 0.717) is 11.3 Å². The highest BCUT2D eigenvalue weighted by atomic mass is 79.9. The molecule has 0 amide bonds. The van der Waals surface area contributed by atoms with Gasteiger partial charge in [-0.3, -0.25) is 0 Å². The number of hydrogen-bond acceptors (Lipinski definition) is 3. The monoisotopic (exact) mass is 286 g/mol. The fraction of sp³-hybridized carbons (Fsp3) is 0.455. The van der Waals surface area contributed by atoms with Gasteiger partial charge in [0.25, 0.3) is 0 Å². The molecule has 1 heterocycles. The fourth-order valence-electron chi connectivity index (χ4n) is 1.79. The highest BCUT2D eigenvalue weighted by Gasteiger charge is 2.24. The van der Waals surface area contributed by atoms with E-state index in [2.05, 4.69) is 46.4 Å². The van der Waals surface area contributed by atoms with Crippen LogP contribution in [0.1, 0.15) is 13.3 Å². The van der Waals surface area contributed by atoms with Gasteiger partial charge in [0.05, 0.1) is 0 Å². The third-order valence-corrected chi connectivity index (χ3v) is 4.65. The van der Waals surface area contributed by atoms with Gasteiger partial charge in [-0.1, -0.05) is 15.9 Å². The molecule has 0 saturated carbocycles. The van der Waals surface area contributed by atoms with Crippen molar-refractivity contribution in [1.82, 2.24) is 0 Å². The number of rotatable bonds is 2. The minimum absolute atomic E-state index is 0.493. The van der Waals surface area contributed by atoms with Gasteiger partial charge in [0.15, 0.2) is 0 Å². The molecule has 0 aliphatic carbocycles. The summed E-state index contributed by atoms with van der Waals surface area (Å²) in [6.45, 7) is 2.98. The van der Waals surface area contributed by atoms with Gasteiger partial charge in [-0.15, -0.1) is 11.8 Å². The zero-order chi connectivity index (χ0) is 10.8. The predicted molar refractivity (Wildman–Crippen MR) is 70.5 cm³/mol. The lowest BCUT2D eigenvalue weighted by molar-refractivity contribution is 0.672. The molecule has 0 spiro atoms. The lowest BCUT2D eigenvalue weighted by Crippen LogP contribution is -2.33. The molecule has 2 unspecified atom stereocenters. The lowest BCUT2D eigenvalue weighted by atomic mass is 10.1. The molecule has 0 radical (unpaired) electrons. The number of nitrogens with one attached hydrogen (secondary N) is 1. The van der Waals surface area contributed by atoms with E-state index in [1.807, 2.05) is 11.8 Å². The van der Waals surface area contributed by atoms with Crippen molar-refractivity contribution in [2.24, 2.45) is 5.73 Å². The Hall–Kier alpha value is -0.190. The first-order valence-electron chi connectivity index (χ1n) is 5.13. The Bertz CT molecular complexity index is 356. The molecule has 0 bridgehead atoms. The van der Waals surface area contributed by atoms with Crippen LogP contribution < -0.4 is 11.1 Å². The summed E-state index contributed by atoms with van der Waals surface area (Å²) in [6.07, 6.45) is 1.06. The van der Waals surface area contributed by atoms with Crippen molar-refractivity contribution in [3.63, 3.8) is 0 Å². The number of thioether (sulfide) groups is 1. The van der Waals surface area contributed by atoms with Gasteiger partial charge in [0, 0.05) is 26.3 Å². The third-order valence-electron chi connectivity index (χ3n) is 2.61. The van der Waals surface area contributed by atoms with Gasteiger partial charge in [-0.25, -0.2) is 0 Å². The lowest BCUT2D eigenvalue weighted by Gasteiger charge is -2.31. The highest BCUT2D eigenvalue weighted by Crippen LogP contribution is 2.40. The Morgan fingerprint density at radius 2 is 2.33 bits per heavy atom. The summed E-state index contributed by atoms with van der Waals surface area (Å²) in [5, 5.41) is 4.11. The maximum absolute atomic E-state index is 5.62. The Kier molecular flexibility index (Phi) is 3.59. The van der Waals surface area contributed by atoms with Crippen molar-refractivity contribution in [3.05, 3.63) is 22.7 Å². The van der Waals surface area contributed by atoms with Crippen molar-refractivity contribution in [2.75, 3.05) is 11.9 Å². The number of benzene rings is 1. The molecule has 1 aliphatic rings. The van der Waals surface area contributed by atoms with E-state index in [4.69, 9.17) is 5.73 Å². The summed E-state index contributed by atoms with van der Waals surface area (Å²) in [5.74, 6) is 0. The summed E-state index contributed by atoms with van der Waals surface area (Å²) >= 11 is 5.43. The second-order valence-electron chi connectivity index (χ2n) is 3.81. The summed E-state index contributed by atoms with van der Waals surface area (Å²) in [7, 11) is 0. The Morgan fingerprint density at radius 1 is 1.53 bits per heavy atom. The molecule has 3 N–H and O–H groups in total. The minimum atomic E-state index is 0.493. The number of anilines is 1. The zero-order valence-corrected chi connectivity index (χ0v) is 11.1. The van der Waals surface area contributed by atoms with E-state index < -0.39 is 0 Å². The van der Waals surface area contributed by atoms with Crippen LogP contribution in [0, 0.1) is 0 Å². The molecular formula is C11H15BrN2S. The van der Waals surface area contributed by atoms with Gasteiger partial charge in [0.1, 0.15) is 0 Å². The van der Waals surface area contributed by atoms with Gasteiger partial charge < -0.3 is 11.1 Å². The Labute approximate surface area is 103 Å². The van der Waals surface area contributed by atoms with Crippen molar-refractivity contribution in [2.45, 2.75) is 29.5 Å². The molecule has 1 aromatic carbocycles. The van der Waals surface area contributed by atoms with Gasteiger partial charge in [-0.2, -0.15) is 0 Å².